The number of benzene rings is 3. The SMILES string of the molecule is O=C(N/N=C/c1ccc(Cl)cc1Cl)c1ccccc1NS(=O)(=O)c1ccc(Cl)cc1. The standard InChI is InChI=1S/C20H14Cl3N3O3S/c21-14-7-9-16(10-8-14)30(28,29)26-19-4-2-1-3-17(19)20(27)25-24-12-13-5-6-15(22)11-18(13)23/h1-12,26H,(H,25,27)/b24-12+. The molecule has 154 valence electrons. The van der Waals surface area contributed by atoms with Crippen LogP contribution in [0.25, 0.3) is 0 Å². The number of amides is 1. The van der Waals surface area contributed by atoms with E-state index in [9.17, 15) is 13.2 Å². The van der Waals surface area contributed by atoms with Crippen LogP contribution in [0.4, 0.5) is 5.69 Å². The highest BCUT2D eigenvalue weighted by atomic mass is 35.5. The number of anilines is 1. The zero-order valence-electron chi connectivity index (χ0n) is 15.1. The minimum Gasteiger partial charge on any atom is -0.279 e. The maximum Gasteiger partial charge on any atom is 0.273 e. The number of nitrogens with zero attached hydrogens (tertiary/aromatic N) is 1. The largest absolute Gasteiger partial charge is 0.279 e. The topological polar surface area (TPSA) is 87.6 Å². The van der Waals surface area contributed by atoms with Crippen molar-refractivity contribution in [1.82, 2.24) is 5.43 Å². The summed E-state index contributed by atoms with van der Waals surface area (Å²) < 4.78 is 27.6. The predicted molar refractivity (Wildman–Crippen MR) is 120 cm³/mol. The van der Waals surface area contributed by atoms with Gasteiger partial charge in [0.25, 0.3) is 15.9 Å². The predicted octanol–water partition coefficient (Wildman–Crippen LogP) is 5.21. The maximum absolute atomic E-state index is 12.6. The molecule has 3 rings (SSSR count). The fraction of sp³-hybridized carbons (Fsp3) is 0. The highest BCUT2D eigenvalue weighted by Crippen LogP contribution is 2.22. The lowest BCUT2D eigenvalue weighted by Gasteiger charge is -2.11. The molecule has 0 aliphatic carbocycles. The molecule has 30 heavy (non-hydrogen) atoms. The lowest BCUT2D eigenvalue weighted by atomic mass is 10.2. The van der Waals surface area contributed by atoms with Crippen LogP contribution in [0.15, 0.2) is 76.7 Å². The van der Waals surface area contributed by atoms with Gasteiger partial charge in [-0.15, -0.1) is 0 Å². The Labute approximate surface area is 188 Å². The Morgan fingerprint density at radius 3 is 2.27 bits per heavy atom. The van der Waals surface area contributed by atoms with E-state index >= 15 is 0 Å². The molecule has 0 aromatic heterocycles. The molecule has 0 aliphatic heterocycles. The normalized spacial score (nSPS) is 11.4. The van der Waals surface area contributed by atoms with Gasteiger partial charge in [0.05, 0.1) is 27.4 Å². The Kier molecular flexibility index (Phi) is 6.99. The number of halogens is 3. The summed E-state index contributed by atoms with van der Waals surface area (Å²) in [6.07, 6.45) is 1.36. The van der Waals surface area contributed by atoms with Crippen LogP contribution in [-0.4, -0.2) is 20.5 Å². The Balaban J connectivity index is 1.78. The summed E-state index contributed by atoms with van der Waals surface area (Å²) in [6.45, 7) is 0. The van der Waals surface area contributed by atoms with Gasteiger partial charge in [-0.3, -0.25) is 9.52 Å². The number of hydrogen-bond acceptors (Lipinski definition) is 4. The first-order valence-corrected chi connectivity index (χ1v) is 11.0. The van der Waals surface area contributed by atoms with Crippen molar-refractivity contribution in [2.45, 2.75) is 4.90 Å². The molecule has 0 unspecified atom stereocenters. The van der Waals surface area contributed by atoms with E-state index in [1.54, 1.807) is 30.3 Å². The van der Waals surface area contributed by atoms with Crippen LogP contribution in [-0.2, 0) is 10.0 Å². The van der Waals surface area contributed by atoms with Gasteiger partial charge in [-0.1, -0.05) is 53.0 Å². The van der Waals surface area contributed by atoms with Crippen molar-refractivity contribution < 1.29 is 13.2 Å². The summed E-state index contributed by atoms with van der Waals surface area (Å²) in [7, 11) is -3.92. The Morgan fingerprint density at radius 1 is 0.900 bits per heavy atom. The van der Waals surface area contributed by atoms with Crippen LogP contribution in [0.2, 0.25) is 15.1 Å². The second-order valence-electron chi connectivity index (χ2n) is 5.97. The van der Waals surface area contributed by atoms with Gasteiger partial charge in [0.1, 0.15) is 0 Å². The van der Waals surface area contributed by atoms with E-state index in [0.29, 0.717) is 20.6 Å². The average molecular weight is 483 g/mol. The van der Waals surface area contributed by atoms with Gasteiger partial charge in [0.2, 0.25) is 0 Å². The van der Waals surface area contributed by atoms with Gasteiger partial charge in [0.15, 0.2) is 0 Å². The molecular formula is C20H14Cl3N3O3S. The number of hydrogen-bond donors (Lipinski definition) is 2. The number of para-hydroxylation sites is 1. The van der Waals surface area contributed by atoms with Crippen molar-refractivity contribution in [2.75, 3.05) is 4.72 Å². The second-order valence-corrected chi connectivity index (χ2v) is 8.93. The Hall–Kier alpha value is -2.58. The van der Waals surface area contributed by atoms with Crippen LogP contribution in [0, 0.1) is 0 Å². The zero-order valence-corrected chi connectivity index (χ0v) is 18.2. The van der Waals surface area contributed by atoms with E-state index in [1.165, 1.54) is 42.6 Å². The lowest BCUT2D eigenvalue weighted by Crippen LogP contribution is -2.21. The maximum atomic E-state index is 12.6. The molecule has 0 spiro atoms. The van der Waals surface area contributed by atoms with Crippen molar-refractivity contribution in [3.8, 4) is 0 Å². The third-order valence-corrected chi connectivity index (χ3v) is 6.07. The highest BCUT2D eigenvalue weighted by molar-refractivity contribution is 7.92. The molecular weight excluding hydrogens is 469 g/mol. The molecule has 0 radical (unpaired) electrons. The molecule has 1 amide bonds. The fourth-order valence-corrected chi connectivity index (χ4v) is 4.08. The Bertz CT molecular complexity index is 1210. The molecule has 3 aromatic carbocycles. The summed E-state index contributed by atoms with van der Waals surface area (Å²) in [6, 6.07) is 16.7. The van der Waals surface area contributed by atoms with E-state index in [4.69, 9.17) is 34.8 Å². The van der Waals surface area contributed by atoms with Gasteiger partial charge in [-0.25, -0.2) is 13.8 Å². The lowest BCUT2D eigenvalue weighted by molar-refractivity contribution is 0.0956. The quantitative estimate of drug-likeness (QED) is 0.373. The average Bonchev–Trinajstić information content (AvgIpc) is 2.70. The molecule has 3 aromatic rings. The number of nitrogens with one attached hydrogen (secondary N) is 2. The van der Waals surface area contributed by atoms with Crippen molar-refractivity contribution in [2.24, 2.45) is 5.10 Å². The molecule has 0 fully saturated rings. The van der Waals surface area contributed by atoms with Crippen molar-refractivity contribution in [3.05, 3.63) is 92.9 Å². The number of carbonyl (C=O) groups excluding carboxylic acids is 1. The van der Waals surface area contributed by atoms with Crippen LogP contribution in [0.5, 0.6) is 0 Å². The van der Waals surface area contributed by atoms with Gasteiger partial charge < -0.3 is 0 Å². The molecule has 6 nitrogen and oxygen atoms in total. The highest BCUT2D eigenvalue weighted by Gasteiger charge is 2.18. The molecule has 0 bridgehead atoms. The Morgan fingerprint density at radius 2 is 1.57 bits per heavy atom. The van der Waals surface area contributed by atoms with Crippen LogP contribution >= 0.6 is 34.8 Å². The van der Waals surface area contributed by atoms with Gasteiger partial charge >= 0.3 is 0 Å². The third kappa shape index (κ3) is 5.52. The number of carbonyl (C=O) groups is 1. The molecule has 0 heterocycles. The minimum atomic E-state index is -3.92. The van der Waals surface area contributed by atoms with Crippen LogP contribution < -0.4 is 10.1 Å². The van der Waals surface area contributed by atoms with Crippen molar-refractivity contribution in [1.29, 1.82) is 0 Å². The molecule has 10 heteroatoms. The molecule has 0 aliphatic rings. The van der Waals surface area contributed by atoms with E-state index in [1.807, 2.05) is 0 Å². The first-order chi connectivity index (χ1) is 14.3. The van der Waals surface area contributed by atoms with Crippen molar-refractivity contribution in [3.63, 3.8) is 0 Å². The molecule has 0 atom stereocenters. The first-order valence-electron chi connectivity index (χ1n) is 8.42. The fourth-order valence-electron chi connectivity index (χ4n) is 2.41. The molecule has 0 saturated heterocycles. The second kappa shape index (κ2) is 9.49. The number of rotatable bonds is 6. The van der Waals surface area contributed by atoms with E-state index in [0.717, 1.165) is 0 Å². The summed E-state index contributed by atoms with van der Waals surface area (Å²) in [5.41, 5.74) is 3.10. The van der Waals surface area contributed by atoms with E-state index in [2.05, 4.69) is 15.2 Å². The summed E-state index contributed by atoms with van der Waals surface area (Å²) in [5.74, 6) is -0.606. The smallest absolute Gasteiger partial charge is 0.273 e. The van der Waals surface area contributed by atoms with Gasteiger partial charge in [-0.2, -0.15) is 5.10 Å². The van der Waals surface area contributed by atoms with E-state index in [-0.39, 0.29) is 16.1 Å². The number of hydrazone groups is 1. The van der Waals surface area contributed by atoms with Crippen LogP contribution in [0.3, 0.4) is 0 Å². The number of sulfonamides is 1. The molecule has 2 N–H and O–H groups in total. The summed E-state index contributed by atoms with van der Waals surface area (Å²) >= 11 is 17.7. The van der Waals surface area contributed by atoms with Gasteiger partial charge in [0, 0.05) is 15.6 Å². The molecule has 0 saturated carbocycles. The van der Waals surface area contributed by atoms with Crippen molar-refractivity contribution >= 4 is 62.6 Å². The van der Waals surface area contributed by atoms with Gasteiger partial charge in [-0.05, 0) is 48.5 Å². The summed E-state index contributed by atoms with van der Waals surface area (Å²) in [5, 5.41) is 5.13. The minimum absolute atomic E-state index is 0.0116. The zero-order chi connectivity index (χ0) is 21.7. The van der Waals surface area contributed by atoms with Crippen LogP contribution in [0.1, 0.15) is 15.9 Å². The third-order valence-electron chi connectivity index (χ3n) is 3.87. The summed E-state index contributed by atoms with van der Waals surface area (Å²) in [4.78, 5) is 12.5. The van der Waals surface area contributed by atoms with E-state index < -0.39 is 15.9 Å². The first kappa shape index (κ1) is 22.1. The monoisotopic (exact) mass is 481 g/mol.